The standard InChI is InChI=1S/C25H29N5O3S/c26-34(32,33)21-14-12-20(13-15-21)30-23(17-18-7-2-1-3-8-18)27-24(28-30)25(31)29-16-6-10-19-9-4-5-11-22(19)29/h1-3,7-8,12-15,19,22H,4-6,9-11,16-17H2,(H2,26,32,33). The summed E-state index contributed by atoms with van der Waals surface area (Å²) in [6.07, 6.45) is 7.32. The molecule has 1 aliphatic carbocycles. The van der Waals surface area contributed by atoms with E-state index >= 15 is 0 Å². The molecule has 5 rings (SSSR count). The molecule has 1 aromatic heterocycles. The number of piperidine rings is 1. The highest BCUT2D eigenvalue weighted by atomic mass is 32.2. The fourth-order valence-corrected chi connectivity index (χ4v) is 5.83. The lowest BCUT2D eigenvalue weighted by Gasteiger charge is -2.43. The molecule has 2 N–H and O–H groups in total. The molecule has 9 heteroatoms. The third-order valence-electron chi connectivity index (χ3n) is 6.98. The number of primary sulfonamides is 1. The number of sulfonamides is 1. The third kappa shape index (κ3) is 4.63. The van der Waals surface area contributed by atoms with Crippen molar-refractivity contribution in [1.29, 1.82) is 0 Å². The summed E-state index contributed by atoms with van der Waals surface area (Å²) in [6.45, 7) is 0.742. The lowest BCUT2D eigenvalue weighted by Crippen LogP contribution is -2.49. The van der Waals surface area contributed by atoms with Gasteiger partial charge in [-0.3, -0.25) is 4.79 Å². The van der Waals surface area contributed by atoms with Gasteiger partial charge in [-0.15, -0.1) is 5.10 Å². The monoisotopic (exact) mass is 479 g/mol. The molecule has 2 fully saturated rings. The van der Waals surface area contributed by atoms with Crippen molar-refractivity contribution in [2.45, 2.75) is 55.9 Å². The van der Waals surface area contributed by atoms with Crippen molar-refractivity contribution in [1.82, 2.24) is 19.7 Å². The van der Waals surface area contributed by atoms with Gasteiger partial charge in [-0.2, -0.15) is 0 Å². The van der Waals surface area contributed by atoms with E-state index in [1.807, 2.05) is 35.2 Å². The summed E-state index contributed by atoms with van der Waals surface area (Å²) in [4.78, 5) is 20.3. The van der Waals surface area contributed by atoms with E-state index in [2.05, 4.69) is 10.1 Å². The van der Waals surface area contributed by atoms with Gasteiger partial charge in [0.2, 0.25) is 15.8 Å². The Bertz CT molecular complexity index is 1270. The molecule has 34 heavy (non-hydrogen) atoms. The summed E-state index contributed by atoms with van der Waals surface area (Å²) in [5, 5.41) is 9.86. The molecule has 1 amide bonds. The molecule has 1 aliphatic heterocycles. The summed E-state index contributed by atoms with van der Waals surface area (Å²) < 4.78 is 25.0. The Hall–Kier alpha value is -3.04. The van der Waals surface area contributed by atoms with Gasteiger partial charge in [0, 0.05) is 19.0 Å². The average Bonchev–Trinajstić information content (AvgIpc) is 3.27. The molecule has 2 aliphatic rings. The minimum Gasteiger partial charge on any atom is -0.333 e. The van der Waals surface area contributed by atoms with E-state index in [0.29, 0.717) is 23.9 Å². The number of aromatic nitrogens is 3. The molecular formula is C25H29N5O3S. The van der Waals surface area contributed by atoms with E-state index in [-0.39, 0.29) is 22.7 Å². The van der Waals surface area contributed by atoms with Crippen molar-refractivity contribution in [3.63, 3.8) is 0 Å². The molecule has 2 unspecified atom stereocenters. The summed E-state index contributed by atoms with van der Waals surface area (Å²) >= 11 is 0. The maximum Gasteiger partial charge on any atom is 0.293 e. The fraction of sp³-hybridized carbons (Fsp3) is 0.400. The van der Waals surface area contributed by atoms with Crippen molar-refractivity contribution in [2.75, 3.05) is 6.54 Å². The molecule has 1 saturated carbocycles. The molecule has 178 valence electrons. The minimum absolute atomic E-state index is 0.0222. The number of carbonyl (C=O) groups excluding carboxylic acids is 1. The zero-order valence-electron chi connectivity index (χ0n) is 19.0. The molecule has 1 saturated heterocycles. The zero-order chi connectivity index (χ0) is 23.7. The van der Waals surface area contributed by atoms with E-state index < -0.39 is 10.0 Å². The van der Waals surface area contributed by atoms with Crippen LogP contribution in [-0.2, 0) is 16.4 Å². The summed E-state index contributed by atoms with van der Waals surface area (Å²) in [5.74, 6) is 1.26. The van der Waals surface area contributed by atoms with Crippen LogP contribution < -0.4 is 5.14 Å². The Morgan fingerprint density at radius 1 is 0.971 bits per heavy atom. The van der Waals surface area contributed by atoms with E-state index in [0.717, 1.165) is 31.4 Å². The highest BCUT2D eigenvalue weighted by molar-refractivity contribution is 7.89. The van der Waals surface area contributed by atoms with Gasteiger partial charge in [0.05, 0.1) is 10.6 Å². The molecule has 2 atom stereocenters. The average molecular weight is 480 g/mol. The van der Waals surface area contributed by atoms with Gasteiger partial charge in [0.1, 0.15) is 5.82 Å². The number of fused-ring (bicyclic) bond motifs is 1. The zero-order valence-corrected chi connectivity index (χ0v) is 19.8. The Morgan fingerprint density at radius 2 is 1.68 bits per heavy atom. The Morgan fingerprint density at radius 3 is 2.41 bits per heavy atom. The second-order valence-corrected chi connectivity index (χ2v) is 10.8. The first kappa shape index (κ1) is 22.7. The third-order valence-corrected chi connectivity index (χ3v) is 7.91. The number of amides is 1. The largest absolute Gasteiger partial charge is 0.333 e. The van der Waals surface area contributed by atoms with Crippen LogP contribution in [0.1, 0.15) is 60.5 Å². The van der Waals surface area contributed by atoms with E-state index in [4.69, 9.17) is 5.14 Å². The van der Waals surface area contributed by atoms with Crippen molar-refractivity contribution in [2.24, 2.45) is 11.1 Å². The SMILES string of the molecule is NS(=O)(=O)c1ccc(-n2nc(C(=O)N3CCCC4CCCCC43)nc2Cc2ccccc2)cc1. The van der Waals surface area contributed by atoms with Crippen LogP contribution in [0.4, 0.5) is 0 Å². The number of nitrogens with two attached hydrogens (primary N) is 1. The summed E-state index contributed by atoms with van der Waals surface area (Å²) in [7, 11) is -3.80. The summed E-state index contributed by atoms with van der Waals surface area (Å²) in [6, 6.07) is 16.3. The molecular weight excluding hydrogens is 450 g/mol. The number of rotatable bonds is 5. The first-order valence-electron chi connectivity index (χ1n) is 11.8. The minimum atomic E-state index is -3.80. The van der Waals surface area contributed by atoms with E-state index in [1.165, 1.54) is 31.4 Å². The van der Waals surface area contributed by atoms with Gasteiger partial charge in [-0.1, -0.05) is 43.2 Å². The first-order chi connectivity index (χ1) is 16.4. The topological polar surface area (TPSA) is 111 Å². The summed E-state index contributed by atoms with van der Waals surface area (Å²) in [5.41, 5.74) is 1.67. The number of benzene rings is 2. The van der Waals surface area contributed by atoms with Gasteiger partial charge >= 0.3 is 0 Å². The van der Waals surface area contributed by atoms with Crippen LogP contribution in [-0.4, -0.2) is 46.6 Å². The molecule has 3 aromatic rings. The first-order valence-corrected chi connectivity index (χ1v) is 13.4. The van der Waals surface area contributed by atoms with Crippen molar-refractivity contribution >= 4 is 15.9 Å². The van der Waals surface area contributed by atoms with Crippen molar-refractivity contribution < 1.29 is 13.2 Å². The predicted molar refractivity (Wildman–Crippen MR) is 128 cm³/mol. The fourth-order valence-electron chi connectivity index (χ4n) is 5.32. The van der Waals surface area contributed by atoms with Gasteiger partial charge in [-0.05, 0) is 61.4 Å². The van der Waals surface area contributed by atoms with Crippen LogP contribution in [0, 0.1) is 5.92 Å². The molecule has 0 bridgehead atoms. The van der Waals surface area contributed by atoms with Crippen LogP contribution >= 0.6 is 0 Å². The van der Waals surface area contributed by atoms with Gasteiger partial charge in [0.15, 0.2) is 0 Å². The van der Waals surface area contributed by atoms with Crippen LogP contribution in [0.5, 0.6) is 0 Å². The van der Waals surface area contributed by atoms with Gasteiger partial charge in [0.25, 0.3) is 5.91 Å². The second-order valence-electron chi connectivity index (χ2n) is 9.22. The molecule has 8 nitrogen and oxygen atoms in total. The van der Waals surface area contributed by atoms with E-state index in [1.54, 1.807) is 16.8 Å². The van der Waals surface area contributed by atoms with Crippen LogP contribution in [0.25, 0.3) is 5.69 Å². The highest BCUT2D eigenvalue weighted by Crippen LogP contribution is 2.35. The van der Waals surface area contributed by atoms with Crippen molar-refractivity contribution in [3.05, 3.63) is 71.8 Å². The number of hydrogen-bond donors (Lipinski definition) is 1. The highest BCUT2D eigenvalue weighted by Gasteiger charge is 2.37. The Labute approximate surface area is 199 Å². The Kier molecular flexibility index (Phi) is 6.22. The molecule has 2 heterocycles. The van der Waals surface area contributed by atoms with Crippen LogP contribution in [0.2, 0.25) is 0 Å². The second kappa shape index (κ2) is 9.31. The molecule has 2 aromatic carbocycles. The molecule has 0 spiro atoms. The lowest BCUT2D eigenvalue weighted by atomic mass is 9.78. The maximum absolute atomic E-state index is 13.6. The maximum atomic E-state index is 13.6. The number of nitrogens with zero attached hydrogens (tertiary/aromatic N) is 4. The van der Waals surface area contributed by atoms with Crippen molar-refractivity contribution in [3.8, 4) is 5.69 Å². The van der Waals surface area contributed by atoms with Gasteiger partial charge < -0.3 is 4.90 Å². The number of likely N-dealkylation sites (tertiary alicyclic amines) is 1. The lowest BCUT2D eigenvalue weighted by molar-refractivity contribution is 0.0379. The Balaban J connectivity index is 1.50. The van der Waals surface area contributed by atoms with Crippen LogP contribution in [0.15, 0.2) is 59.5 Å². The number of hydrogen-bond acceptors (Lipinski definition) is 5. The quantitative estimate of drug-likeness (QED) is 0.604. The van der Waals surface area contributed by atoms with Gasteiger partial charge in [-0.25, -0.2) is 23.2 Å². The molecule has 0 radical (unpaired) electrons. The van der Waals surface area contributed by atoms with E-state index in [9.17, 15) is 13.2 Å². The smallest absolute Gasteiger partial charge is 0.293 e. The number of carbonyl (C=O) groups is 1. The predicted octanol–water partition coefficient (Wildman–Crippen LogP) is 3.30. The van der Waals surface area contributed by atoms with Crippen LogP contribution in [0.3, 0.4) is 0 Å². The normalized spacial score (nSPS) is 20.7.